The second-order valence-electron chi connectivity index (χ2n) is 4.09. The number of benzene rings is 1. The molecule has 3 heteroatoms. The van der Waals surface area contributed by atoms with E-state index in [1.165, 1.54) is 15.6 Å². The lowest BCUT2D eigenvalue weighted by Gasteiger charge is -2.18. The van der Waals surface area contributed by atoms with Crippen molar-refractivity contribution < 1.29 is 4.74 Å². The van der Waals surface area contributed by atoms with Crippen LogP contribution >= 0.6 is 15.9 Å². The molecule has 1 aliphatic carbocycles. The summed E-state index contributed by atoms with van der Waals surface area (Å²) in [5, 5.41) is 3.37. The van der Waals surface area contributed by atoms with Gasteiger partial charge in [-0.15, -0.1) is 0 Å². The van der Waals surface area contributed by atoms with Gasteiger partial charge in [-0.2, -0.15) is 0 Å². The summed E-state index contributed by atoms with van der Waals surface area (Å²) in [6.45, 7) is 2.27. The molecule has 1 aromatic carbocycles. The van der Waals surface area contributed by atoms with Crippen molar-refractivity contribution in [3.8, 4) is 5.75 Å². The van der Waals surface area contributed by atoms with Crippen LogP contribution in [0.5, 0.6) is 5.75 Å². The highest BCUT2D eigenvalue weighted by Gasteiger charge is 2.32. The van der Waals surface area contributed by atoms with E-state index in [2.05, 4.69) is 34.2 Å². The SMILES string of the molecule is CNC1c2c(OC)ccc(Br)c2CC1C. The molecular formula is C12H16BrNO. The molecule has 2 nitrogen and oxygen atoms in total. The van der Waals surface area contributed by atoms with Crippen molar-refractivity contribution in [3.63, 3.8) is 0 Å². The molecule has 0 radical (unpaired) electrons. The minimum absolute atomic E-state index is 0.410. The van der Waals surface area contributed by atoms with Crippen LogP contribution in [0, 0.1) is 5.92 Å². The summed E-state index contributed by atoms with van der Waals surface area (Å²) in [7, 11) is 3.75. The van der Waals surface area contributed by atoms with Gasteiger partial charge in [0.15, 0.2) is 0 Å². The number of halogens is 1. The second-order valence-corrected chi connectivity index (χ2v) is 4.94. The monoisotopic (exact) mass is 269 g/mol. The molecule has 82 valence electrons. The minimum Gasteiger partial charge on any atom is -0.496 e. The van der Waals surface area contributed by atoms with E-state index in [9.17, 15) is 0 Å². The van der Waals surface area contributed by atoms with Crippen LogP contribution in [-0.2, 0) is 6.42 Å². The highest BCUT2D eigenvalue weighted by Crippen LogP contribution is 2.44. The van der Waals surface area contributed by atoms with Crippen LogP contribution in [0.1, 0.15) is 24.1 Å². The smallest absolute Gasteiger partial charge is 0.123 e. The number of ether oxygens (including phenoxy) is 1. The van der Waals surface area contributed by atoms with Crippen molar-refractivity contribution in [1.29, 1.82) is 0 Å². The van der Waals surface area contributed by atoms with E-state index in [1.54, 1.807) is 7.11 Å². The summed E-state index contributed by atoms with van der Waals surface area (Å²) < 4.78 is 6.63. The van der Waals surface area contributed by atoms with Gasteiger partial charge in [0.2, 0.25) is 0 Å². The molecule has 1 N–H and O–H groups in total. The quantitative estimate of drug-likeness (QED) is 0.892. The van der Waals surface area contributed by atoms with Gasteiger partial charge in [0.25, 0.3) is 0 Å². The highest BCUT2D eigenvalue weighted by atomic mass is 79.9. The fraction of sp³-hybridized carbons (Fsp3) is 0.500. The van der Waals surface area contributed by atoms with Crippen LogP contribution in [0.25, 0.3) is 0 Å². The van der Waals surface area contributed by atoms with Gasteiger partial charge in [0.1, 0.15) is 5.75 Å². The Morgan fingerprint density at radius 3 is 2.80 bits per heavy atom. The number of methoxy groups -OCH3 is 1. The van der Waals surface area contributed by atoms with Gasteiger partial charge in [-0.05, 0) is 37.1 Å². The Balaban J connectivity index is 2.56. The molecule has 1 aliphatic rings. The summed E-state index contributed by atoms with van der Waals surface area (Å²) in [4.78, 5) is 0. The Morgan fingerprint density at radius 1 is 1.47 bits per heavy atom. The largest absolute Gasteiger partial charge is 0.496 e. The first-order chi connectivity index (χ1) is 7.19. The number of fused-ring (bicyclic) bond motifs is 1. The van der Waals surface area contributed by atoms with Crippen LogP contribution in [0.3, 0.4) is 0 Å². The van der Waals surface area contributed by atoms with Gasteiger partial charge < -0.3 is 10.1 Å². The zero-order valence-corrected chi connectivity index (χ0v) is 10.9. The fourth-order valence-corrected chi connectivity index (χ4v) is 3.00. The van der Waals surface area contributed by atoms with Crippen LogP contribution < -0.4 is 10.1 Å². The Bertz CT molecular complexity index is 378. The average molecular weight is 270 g/mol. The summed E-state index contributed by atoms with van der Waals surface area (Å²) in [6, 6.07) is 4.51. The third-order valence-corrected chi connectivity index (χ3v) is 3.94. The molecule has 0 saturated heterocycles. The van der Waals surface area contributed by atoms with Crippen molar-refractivity contribution in [3.05, 3.63) is 27.7 Å². The van der Waals surface area contributed by atoms with E-state index in [0.29, 0.717) is 12.0 Å². The van der Waals surface area contributed by atoms with Gasteiger partial charge in [-0.3, -0.25) is 0 Å². The molecule has 0 aliphatic heterocycles. The number of rotatable bonds is 2. The summed E-state index contributed by atoms with van der Waals surface area (Å²) in [5.74, 6) is 1.62. The van der Waals surface area contributed by atoms with Crippen molar-refractivity contribution in [2.45, 2.75) is 19.4 Å². The molecule has 1 aromatic rings. The Hall–Kier alpha value is -0.540. The predicted octanol–water partition coefficient (Wildman–Crippen LogP) is 2.91. The molecule has 0 amide bonds. The molecule has 0 spiro atoms. The van der Waals surface area contributed by atoms with Crippen LogP contribution in [0.2, 0.25) is 0 Å². The lowest BCUT2D eigenvalue weighted by molar-refractivity contribution is 0.389. The maximum Gasteiger partial charge on any atom is 0.123 e. The van der Waals surface area contributed by atoms with Crippen molar-refractivity contribution >= 4 is 15.9 Å². The van der Waals surface area contributed by atoms with Crippen molar-refractivity contribution in [1.82, 2.24) is 5.32 Å². The maximum atomic E-state index is 5.43. The van der Waals surface area contributed by atoms with E-state index in [1.807, 2.05) is 13.1 Å². The molecule has 0 saturated carbocycles. The Morgan fingerprint density at radius 2 is 2.20 bits per heavy atom. The summed E-state index contributed by atoms with van der Waals surface area (Å²) in [6.07, 6.45) is 1.11. The van der Waals surface area contributed by atoms with Gasteiger partial charge in [0, 0.05) is 16.1 Å². The van der Waals surface area contributed by atoms with Crippen LogP contribution in [0.4, 0.5) is 0 Å². The second kappa shape index (κ2) is 4.14. The van der Waals surface area contributed by atoms with Crippen molar-refractivity contribution in [2.75, 3.05) is 14.2 Å². The zero-order chi connectivity index (χ0) is 11.0. The van der Waals surface area contributed by atoms with E-state index in [0.717, 1.165) is 12.2 Å². The molecule has 0 fully saturated rings. The van der Waals surface area contributed by atoms with Gasteiger partial charge in [0.05, 0.1) is 7.11 Å². The molecule has 15 heavy (non-hydrogen) atoms. The summed E-state index contributed by atoms with van der Waals surface area (Å²) in [5.41, 5.74) is 2.71. The molecule has 2 unspecified atom stereocenters. The molecule has 0 aromatic heterocycles. The minimum atomic E-state index is 0.410. The van der Waals surface area contributed by atoms with Gasteiger partial charge in [-0.1, -0.05) is 22.9 Å². The maximum absolute atomic E-state index is 5.43. The number of nitrogens with one attached hydrogen (secondary N) is 1. The fourth-order valence-electron chi connectivity index (χ4n) is 2.50. The molecular weight excluding hydrogens is 254 g/mol. The lowest BCUT2D eigenvalue weighted by atomic mass is 10.0. The average Bonchev–Trinajstić information content (AvgIpc) is 2.56. The van der Waals surface area contributed by atoms with E-state index in [4.69, 9.17) is 4.74 Å². The number of hydrogen-bond acceptors (Lipinski definition) is 2. The van der Waals surface area contributed by atoms with E-state index >= 15 is 0 Å². The first-order valence-corrected chi connectivity index (χ1v) is 6.00. The third-order valence-electron chi connectivity index (χ3n) is 3.20. The third kappa shape index (κ3) is 1.68. The standard InChI is InChI=1S/C12H16BrNO/c1-7-6-8-9(13)4-5-10(15-3)11(8)12(7)14-2/h4-5,7,12,14H,6H2,1-3H3. The number of hydrogen-bond donors (Lipinski definition) is 1. The van der Waals surface area contributed by atoms with E-state index < -0.39 is 0 Å². The van der Waals surface area contributed by atoms with E-state index in [-0.39, 0.29) is 0 Å². The first-order valence-electron chi connectivity index (χ1n) is 5.21. The topological polar surface area (TPSA) is 21.3 Å². The molecule has 0 heterocycles. The van der Waals surface area contributed by atoms with Gasteiger partial charge >= 0.3 is 0 Å². The molecule has 0 bridgehead atoms. The highest BCUT2D eigenvalue weighted by molar-refractivity contribution is 9.10. The normalized spacial score (nSPS) is 24.0. The molecule has 2 atom stereocenters. The predicted molar refractivity (Wildman–Crippen MR) is 65.4 cm³/mol. The zero-order valence-electron chi connectivity index (χ0n) is 9.30. The first kappa shape index (κ1) is 11.0. The Labute approximate surface area is 99.1 Å². The van der Waals surface area contributed by atoms with Crippen molar-refractivity contribution in [2.24, 2.45) is 5.92 Å². The summed E-state index contributed by atoms with van der Waals surface area (Å²) >= 11 is 3.61. The van der Waals surface area contributed by atoms with Crippen LogP contribution in [-0.4, -0.2) is 14.2 Å². The lowest BCUT2D eigenvalue weighted by Crippen LogP contribution is -2.19. The molecule has 2 rings (SSSR count). The Kier molecular flexibility index (Phi) is 3.03. The van der Waals surface area contributed by atoms with Gasteiger partial charge in [-0.25, -0.2) is 0 Å². The van der Waals surface area contributed by atoms with Crippen LogP contribution in [0.15, 0.2) is 16.6 Å².